The molecule has 1 amide bonds. The number of rotatable bonds is 2. The second kappa shape index (κ2) is 6.18. The van der Waals surface area contributed by atoms with Gasteiger partial charge in [-0.1, -0.05) is 0 Å². The number of H-pyrrole nitrogens is 2. The predicted molar refractivity (Wildman–Crippen MR) is 95.1 cm³/mol. The lowest BCUT2D eigenvalue weighted by Crippen LogP contribution is -2.36. The fraction of sp³-hybridized carbons (Fsp3) is 0.211. The molecule has 3 heterocycles. The first-order valence-electron chi connectivity index (χ1n) is 8.26. The second-order valence-electron chi connectivity index (χ2n) is 6.25. The maximum atomic E-state index is 12.7. The number of ether oxygens (including phenoxy) is 1. The van der Waals surface area contributed by atoms with E-state index in [-0.39, 0.29) is 17.4 Å². The van der Waals surface area contributed by atoms with Crippen molar-refractivity contribution in [3.05, 3.63) is 69.3 Å². The molecule has 0 bridgehead atoms. The van der Waals surface area contributed by atoms with E-state index >= 15 is 0 Å². The lowest BCUT2D eigenvalue weighted by atomic mass is 10.0. The molecule has 0 radical (unpaired) electrons. The van der Waals surface area contributed by atoms with Gasteiger partial charge in [0.1, 0.15) is 0 Å². The Hall–Kier alpha value is -3.35. The molecule has 1 aliphatic heterocycles. The number of aromatic nitrogens is 2. The normalized spacial score (nSPS) is 13.5. The molecular weight excluding hydrogens is 334 g/mol. The van der Waals surface area contributed by atoms with Gasteiger partial charge in [0.05, 0.1) is 18.2 Å². The zero-order valence-corrected chi connectivity index (χ0v) is 14.2. The summed E-state index contributed by atoms with van der Waals surface area (Å²) in [6.07, 6.45) is 2.14. The van der Waals surface area contributed by atoms with Crippen LogP contribution in [0.1, 0.15) is 32.0 Å². The van der Waals surface area contributed by atoms with Crippen molar-refractivity contribution < 1.29 is 14.3 Å². The SMILES string of the molecule is COC(=O)c1ccc2[nH]c3c(c2c1)CN(C(=O)c1ccc(=O)[nH]c1)CC3. The van der Waals surface area contributed by atoms with E-state index in [1.54, 1.807) is 17.0 Å². The Labute approximate surface area is 148 Å². The molecule has 0 fully saturated rings. The van der Waals surface area contributed by atoms with Crippen LogP contribution in [-0.2, 0) is 17.7 Å². The van der Waals surface area contributed by atoms with Gasteiger partial charge >= 0.3 is 5.97 Å². The number of methoxy groups -OCH3 is 1. The molecule has 1 aliphatic rings. The highest BCUT2D eigenvalue weighted by atomic mass is 16.5. The van der Waals surface area contributed by atoms with Gasteiger partial charge in [-0.25, -0.2) is 4.79 Å². The number of amides is 1. The first-order valence-corrected chi connectivity index (χ1v) is 8.26. The average molecular weight is 351 g/mol. The number of fused-ring (bicyclic) bond motifs is 3. The summed E-state index contributed by atoms with van der Waals surface area (Å²) in [5.41, 5.74) is 3.70. The molecule has 7 nitrogen and oxygen atoms in total. The van der Waals surface area contributed by atoms with Crippen LogP contribution < -0.4 is 5.56 Å². The predicted octanol–water partition coefficient (Wildman–Crippen LogP) is 1.84. The fourth-order valence-electron chi connectivity index (χ4n) is 3.36. The van der Waals surface area contributed by atoms with Gasteiger partial charge in [0.15, 0.2) is 0 Å². The third kappa shape index (κ3) is 2.67. The number of carbonyl (C=O) groups is 2. The molecule has 2 N–H and O–H groups in total. The molecule has 0 aliphatic carbocycles. The van der Waals surface area contributed by atoms with Crippen molar-refractivity contribution >= 4 is 22.8 Å². The molecule has 0 spiro atoms. The number of hydrogen-bond acceptors (Lipinski definition) is 4. The van der Waals surface area contributed by atoms with Gasteiger partial charge in [0, 0.05) is 53.9 Å². The number of pyridine rings is 1. The van der Waals surface area contributed by atoms with E-state index in [4.69, 9.17) is 4.74 Å². The largest absolute Gasteiger partial charge is 0.465 e. The molecule has 132 valence electrons. The molecular formula is C19H17N3O4. The topological polar surface area (TPSA) is 95.3 Å². The Balaban J connectivity index is 1.68. The summed E-state index contributed by atoms with van der Waals surface area (Å²) < 4.78 is 4.79. The van der Waals surface area contributed by atoms with Crippen LogP contribution in [-0.4, -0.2) is 40.4 Å². The third-order valence-corrected chi connectivity index (χ3v) is 4.71. The summed E-state index contributed by atoms with van der Waals surface area (Å²) in [7, 11) is 1.35. The van der Waals surface area contributed by atoms with Crippen molar-refractivity contribution in [1.29, 1.82) is 0 Å². The number of nitrogens with one attached hydrogen (secondary N) is 2. The zero-order valence-electron chi connectivity index (χ0n) is 14.2. The molecule has 3 aromatic rings. The maximum Gasteiger partial charge on any atom is 0.337 e. The van der Waals surface area contributed by atoms with Gasteiger partial charge in [0.2, 0.25) is 5.56 Å². The summed E-state index contributed by atoms with van der Waals surface area (Å²) in [6, 6.07) is 8.25. The van der Waals surface area contributed by atoms with Gasteiger partial charge in [-0.3, -0.25) is 9.59 Å². The van der Waals surface area contributed by atoms with E-state index in [0.29, 0.717) is 30.6 Å². The number of esters is 1. The van der Waals surface area contributed by atoms with E-state index < -0.39 is 0 Å². The van der Waals surface area contributed by atoms with Crippen LogP contribution in [0.15, 0.2) is 41.3 Å². The maximum absolute atomic E-state index is 12.7. The Kier molecular flexibility index (Phi) is 3.84. The molecule has 0 atom stereocenters. The molecule has 0 saturated heterocycles. The van der Waals surface area contributed by atoms with Crippen LogP contribution in [0.3, 0.4) is 0 Å². The lowest BCUT2D eigenvalue weighted by Gasteiger charge is -2.27. The van der Waals surface area contributed by atoms with Gasteiger partial charge in [0.25, 0.3) is 5.91 Å². The van der Waals surface area contributed by atoms with Crippen molar-refractivity contribution in [2.75, 3.05) is 13.7 Å². The van der Waals surface area contributed by atoms with Crippen LogP contribution in [0.25, 0.3) is 10.9 Å². The summed E-state index contributed by atoms with van der Waals surface area (Å²) >= 11 is 0. The molecule has 0 unspecified atom stereocenters. The van der Waals surface area contributed by atoms with Crippen LogP contribution in [0.2, 0.25) is 0 Å². The minimum atomic E-state index is -0.390. The van der Waals surface area contributed by atoms with Crippen molar-refractivity contribution in [2.45, 2.75) is 13.0 Å². The number of carbonyl (C=O) groups excluding carboxylic acids is 2. The minimum absolute atomic E-state index is 0.134. The highest BCUT2D eigenvalue weighted by Gasteiger charge is 2.25. The molecule has 0 saturated carbocycles. The van der Waals surface area contributed by atoms with E-state index in [1.807, 2.05) is 6.07 Å². The first kappa shape index (κ1) is 16.1. The summed E-state index contributed by atoms with van der Waals surface area (Å²) in [5, 5.41) is 0.918. The van der Waals surface area contributed by atoms with Crippen molar-refractivity contribution in [2.24, 2.45) is 0 Å². The summed E-state index contributed by atoms with van der Waals surface area (Å²) in [4.78, 5) is 43.4. The van der Waals surface area contributed by atoms with E-state index in [0.717, 1.165) is 22.2 Å². The highest BCUT2D eigenvalue weighted by Crippen LogP contribution is 2.29. The second-order valence-corrected chi connectivity index (χ2v) is 6.25. The summed E-state index contributed by atoms with van der Waals surface area (Å²) in [5.74, 6) is -0.524. The highest BCUT2D eigenvalue weighted by molar-refractivity contribution is 5.97. The average Bonchev–Trinajstić information content (AvgIpc) is 3.04. The van der Waals surface area contributed by atoms with E-state index in [1.165, 1.54) is 25.4 Å². The monoisotopic (exact) mass is 351 g/mol. The standard InChI is InChI=1S/C19H17N3O4/c1-26-19(25)11-2-4-15-13(8-11)14-10-22(7-6-16(14)21-15)18(24)12-3-5-17(23)20-9-12/h2-5,8-9,21H,6-7,10H2,1H3,(H,20,23). The van der Waals surface area contributed by atoms with E-state index in [2.05, 4.69) is 9.97 Å². The minimum Gasteiger partial charge on any atom is -0.465 e. The molecule has 1 aromatic carbocycles. The van der Waals surface area contributed by atoms with Crippen LogP contribution in [0.4, 0.5) is 0 Å². The lowest BCUT2D eigenvalue weighted by molar-refractivity contribution is 0.0600. The van der Waals surface area contributed by atoms with Gasteiger partial charge < -0.3 is 19.6 Å². The van der Waals surface area contributed by atoms with Crippen LogP contribution in [0.5, 0.6) is 0 Å². The quantitative estimate of drug-likeness (QED) is 0.689. The Bertz CT molecular complexity index is 1060. The van der Waals surface area contributed by atoms with Crippen LogP contribution >= 0.6 is 0 Å². The van der Waals surface area contributed by atoms with Crippen molar-refractivity contribution in [3.63, 3.8) is 0 Å². The summed E-state index contributed by atoms with van der Waals surface area (Å²) in [6.45, 7) is 1.03. The Morgan fingerprint density at radius 2 is 1.96 bits per heavy atom. The molecule has 2 aromatic heterocycles. The fourth-order valence-corrected chi connectivity index (χ4v) is 3.36. The van der Waals surface area contributed by atoms with Crippen molar-refractivity contribution in [3.8, 4) is 0 Å². The number of nitrogens with zero attached hydrogens (tertiary/aromatic N) is 1. The molecule has 26 heavy (non-hydrogen) atoms. The number of aromatic amines is 2. The molecule has 4 rings (SSSR count). The molecule has 7 heteroatoms. The van der Waals surface area contributed by atoms with E-state index in [9.17, 15) is 14.4 Å². The van der Waals surface area contributed by atoms with Gasteiger partial charge in [-0.05, 0) is 24.3 Å². The van der Waals surface area contributed by atoms with Gasteiger partial charge in [-0.2, -0.15) is 0 Å². The first-order chi connectivity index (χ1) is 12.6. The van der Waals surface area contributed by atoms with Crippen molar-refractivity contribution in [1.82, 2.24) is 14.9 Å². The van der Waals surface area contributed by atoms with Crippen LogP contribution in [0, 0.1) is 0 Å². The Morgan fingerprint density at radius 1 is 1.15 bits per heavy atom. The zero-order chi connectivity index (χ0) is 18.3. The Morgan fingerprint density at radius 3 is 2.69 bits per heavy atom. The van der Waals surface area contributed by atoms with Gasteiger partial charge in [-0.15, -0.1) is 0 Å². The number of hydrogen-bond donors (Lipinski definition) is 2. The third-order valence-electron chi connectivity index (χ3n) is 4.71. The smallest absolute Gasteiger partial charge is 0.337 e. The number of benzene rings is 1.